The predicted molar refractivity (Wildman–Crippen MR) is 121 cm³/mol. The summed E-state index contributed by atoms with van der Waals surface area (Å²) < 4.78 is 20.2. The van der Waals surface area contributed by atoms with E-state index in [9.17, 15) is 0 Å². The molecule has 1 saturated heterocycles. The maximum atomic E-state index is 6.37. The van der Waals surface area contributed by atoms with E-state index in [-0.39, 0.29) is 24.2 Å². The quantitative estimate of drug-likeness (QED) is 0.422. The Labute approximate surface area is 178 Å². The van der Waals surface area contributed by atoms with Crippen molar-refractivity contribution in [2.24, 2.45) is 5.92 Å². The van der Waals surface area contributed by atoms with Crippen LogP contribution in [-0.4, -0.2) is 37.1 Å². The Kier molecular flexibility index (Phi) is 6.72. The Balaban J connectivity index is 1.55. The van der Waals surface area contributed by atoms with Gasteiger partial charge in [-0.3, -0.25) is 0 Å². The average molecular weight is 409 g/mol. The smallest absolute Gasteiger partial charge is 0.0845 e. The maximum Gasteiger partial charge on any atom is 0.0845 e. The summed E-state index contributed by atoms with van der Waals surface area (Å²) >= 11 is 0. The van der Waals surface area contributed by atoms with Crippen molar-refractivity contribution >= 4 is 16.6 Å². The summed E-state index contributed by atoms with van der Waals surface area (Å²) in [5.41, 5.74) is 9.50. The summed E-state index contributed by atoms with van der Waals surface area (Å²) in [5.74, 6) is 0.249. The molecule has 1 aliphatic rings. The number of hydrogen-bond donors (Lipinski definition) is 1. The molecule has 1 aromatic heterocycles. The topological polar surface area (TPSA) is 58.6 Å². The van der Waals surface area contributed by atoms with Crippen molar-refractivity contribution in [3.8, 4) is 0 Å². The number of hydrogen-bond acceptors (Lipinski definition) is 4. The van der Waals surface area contributed by atoms with Gasteiger partial charge in [0, 0.05) is 23.5 Å². The molecule has 0 radical (unpaired) electrons. The molecule has 0 spiro atoms. The molecule has 0 amide bonds. The van der Waals surface area contributed by atoms with Gasteiger partial charge in [-0.15, -0.1) is 0 Å². The van der Waals surface area contributed by atoms with Crippen molar-refractivity contribution in [2.75, 3.05) is 32.2 Å². The number of benzene rings is 2. The summed E-state index contributed by atoms with van der Waals surface area (Å²) in [6.45, 7) is 6.58. The first-order valence-electron chi connectivity index (χ1n) is 10.8. The van der Waals surface area contributed by atoms with Gasteiger partial charge in [-0.25, -0.2) is 0 Å². The standard InChI is InChI=1S/C25H32N2O3/c1-18(2)29-14-13-28-16-21-17-30-24(19-7-4-3-5-8-19)15-23(21)27-12-11-20-9-6-10-22(26)25(20)27/h3-12,18,21,23-24H,13-17,26H2,1-2H3. The molecular weight excluding hydrogens is 376 g/mol. The van der Waals surface area contributed by atoms with Gasteiger partial charge in [0.1, 0.15) is 0 Å². The number of rotatable bonds is 8. The number of aromatic nitrogens is 1. The van der Waals surface area contributed by atoms with E-state index in [1.807, 2.05) is 32.0 Å². The average Bonchev–Trinajstić information content (AvgIpc) is 3.19. The fourth-order valence-electron chi connectivity index (χ4n) is 4.33. The highest BCUT2D eigenvalue weighted by molar-refractivity contribution is 5.90. The van der Waals surface area contributed by atoms with E-state index in [1.165, 1.54) is 10.9 Å². The van der Waals surface area contributed by atoms with Crippen molar-refractivity contribution in [2.45, 2.75) is 38.5 Å². The van der Waals surface area contributed by atoms with Crippen LogP contribution in [-0.2, 0) is 14.2 Å². The molecule has 2 N–H and O–H groups in total. The van der Waals surface area contributed by atoms with Crippen LogP contribution in [0.4, 0.5) is 5.69 Å². The number of ether oxygens (including phenoxy) is 3. The molecule has 1 fully saturated rings. The van der Waals surface area contributed by atoms with E-state index in [0.717, 1.165) is 17.6 Å². The van der Waals surface area contributed by atoms with Crippen LogP contribution in [0.5, 0.6) is 0 Å². The number of nitrogen functional groups attached to an aromatic ring is 1. The first-order valence-corrected chi connectivity index (χ1v) is 10.8. The minimum atomic E-state index is 0.0686. The van der Waals surface area contributed by atoms with Crippen molar-refractivity contribution < 1.29 is 14.2 Å². The number of para-hydroxylation sites is 1. The molecule has 3 atom stereocenters. The van der Waals surface area contributed by atoms with Crippen molar-refractivity contribution in [1.29, 1.82) is 0 Å². The molecule has 3 aromatic rings. The molecule has 2 aromatic carbocycles. The molecule has 0 saturated carbocycles. The zero-order valence-electron chi connectivity index (χ0n) is 17.9. The van der Waals surface area contributed by atoms with Gasteiger partial charge in [0.2, 0.25) is 0 Å². The highest BCUT2D eigenvalue weighted by atomic mass is 16.5. The second kappa shape index (κ2) is 9.65. The number of nitrogens with two attached hydrogens (primary N) is 1. The molecule has 3 unspecified atom stereocenters. The van der Waals surface area contributed by atoms with Crippen LogP contribution in [0, 0.1) is 5.92 Å². The molecule has 0 bridgehead atoms. The molecular formula is C25H32N2O3. The lowest BCUT2D eigenvalue weighted by atomic mass is 9.89. The highest BCUT2D eigenvalue weighted by Gasteiger charge is 2.34. The summed E-state index contributed by atoms with van der Waals surface area (Å²) in [7, 11) is 0. The summed E-state index contributed by atoms with van der Waals surface area (Å²) in [5, 5.41) is 1.17. The van der Waals surface area contributed by atoms with E-state index in [0.29, 0.717) is 26.4 Å². The molecule has 4 rings (SSSR count). The molecule has 1 aliphatic heterocycles. The minimum absolute atomic E-state index is 0.0686. The van der Waals surface area contributed by atoms with Gasteiger partial charge in [0.15, 0.2) is 0 Å². The van der Waals surface area contributed by atoms with Crippen molar-refractivity contribution in [1.82, 2.24) is 4.57 Å². The van der Waals surface area contributed by atoms with Crippen LogP contribution in [0.2, 0.25) is 0 Å². The third-order valence-corrected chi connectivity index (χ3v) is 5.82. The van der Waals surface area contributed by atoms with E-state index in [4.69, 9.17) is 19.9 Å². The first-order chi connectivity index (χ1) is 14.6. The second-order valence-electron chi connectivity index (χ2n) is 8.30. The lowest BCUT2D eigenvalue weighted by molar-refractivity contribution is -0.0747. The highest BCUT2D eigenvalue weighted by Crippen LogP contribution is 2.40. The van der Waals surface area contributed by atoms with Gasteiger partial charge in [-0.1, -0.05) is 42.5 Å². The van der Waals surface area contributed by atoms with E-state index < -0.39 is 0 Å². The van der Waals surface area contributed by atoms with Gasteiger partial charge < -0.3 is 24.5 Å². The molecule has 160 valence electrons. The zero-order valence-corrected chi connectivity index (χ0v) is 17.9. The fraction of sp³-hybridized carbons (Fsp3) is 0.440. The normalized spacial score (nSPS) is 22.0. The number of fused-ring (bicyclic) bond motifs is 1. The summed E-state index contributed by atoms with van der Waals surface area (Å²) in [6, 6.07) is 19.0. The Hall–Kier alpha value is -2.34. The Bertz CT molecular complexity index is 938. The van der Waals surface area contributed by atoms with Crippen LogP contribution in [0.15, 0.2) is 60.8 Å². The summed E-state index contributed by atoms with van der Waals surface area (Å²) in [4.78, 5) is 0. The third-order valence-electron chi connectivity index (χ3n) is 5.82. The molecule has 5 nitrogen and oxygen atoms in total. The van der Waals surface area contributed by atoms with Crippen molar-refractivity contribution in [3.63, 3.8) is 0 Å². The maximum absolute atomic E-state index is 6.37. The van der Waals surface area contributed by atoms with Gasteiger partial charge in [-0.05, 0) is 38.0 Å². The fourth-order valence-corrected chi connectivity index (χ4v) is 4.33. The first kappa shape index (κ1) is 20.9. The third kappa shape index (κ3) is 4.69. The lowest BCUT2D eigenvalue weighted by Gasteiger charge is -2.38. The number of anilines is 1. The monoisotopic (exact) mass is 408 g/mol. The van der Waals surface area contributed by atoms with Crippen LogP contribution >= 0.6 is 0 Å². The summed E-state index contributed by atoms with van der Waals surface area (Å²) in [6.07, 6.45) is 3.34. The van der Waals surface area contributed by atoms with Crippen LogP contribution in [0.25, 0.3) is 10.9 Å². The van der Waals surface area contributed by atoms with Gasteiger partial charge in [0.05, 0.1) is 49.8 Å². The van der Waals surface area contributed by atoms with Crippen LogP contribution < -0.4 is 5.73 Å². The Morgan fingerprint density at radius 3 is 2.70 bits per heavy atom. The number of nitrogens with zero attached hydrogens (tertiary/aromatic N) is 1. The lowest BCUT2D eigenvalue weighted by Crippen LogP contribution is -2.34. The Morgan fingerprint density at radius 1 is 1.07 bits per heavy atom. The molecule has 2 heterocycles. The van der Waals surface area contributed by atoms with Crippen LogP contribution in [0.1, 0.15) is 38.0 Å². The zero-order chi connectivity index (χ0) is 20.9. The van der Waals surface area contributed by atoms with Crippen molar-refractivity contribution in [3.05, 3.63) is 66.4 Å². The molecule has 0 aliphatic carbocycles. The van der Waals surface area contributed by atoms with Gasteiger partial charge in [-0.2, -0.15) is 0 Å². The van der Waals surface area contributed by atoms with Crippen LogP contribution in [0.3, 0.4) is 0 Å². The SMILES string of the molecule is CC(C)OCCOCC1COC(c2ccccc2)CC1n1ccc2cccc(N)c21. The largest absolute Gasteiger partial charge is 0.397 e. The minimum Gasteiger partial charge on any atom is -0.397 e. The van der Waals surface area contributed by atoms with E-state index in [2.05, 4.69) is 47.2 Å². The van der Waals surface area contributed by atoms with Gasteiger partial charge in [0.25, 0.3) is 0 Å². The van der Waals surface area contributed by atoms with E-state index >= 15 is 0 Å². The Morgan fingerprint density at radius 2 is 1.90 bits per heavy atom. The molecule has 5 heteroatoms. The van der Waals surface area contributed by atoms with Gasteiger partial charge >= 0.3 is 0 Å². The molecule has 30 heavy (non-hydrogen) atoms. The predicted octanol–water partition coefficient (Wildman–Crippen LogP) is 4.98. The second-order valence-corrected chi connectivity index (χ2v) is 8.30. The van der Waals surface area contributed by atoms with E-state index in [1.54, 1.807) is 0 Å².